The Morgan fingerprint density at radius 2 is 2.04 bits per heavy atom. The number of likely N-dealkylation sites (tertiary alicyclic amines) is 2. The third-order valence-corrected chi connectivity index (χ3v) is 5.78. The summed E-state index contributed by atoms with van der Waals surface area (Å²) >= 11 is 0. The fraction of sp³-hybridized carbons (Fsp3) is 0.600. The van der Waals surface area contributed by atoms with Crippen LogP contribution in [0.15, 0.2) is 30.3 Å². The minimum absolute atomic E-state index is 0.0792. The van der Waals surface area contributed by atoms with Gasteiger partial charge in [-0.2, -0.15) is 0 Å². The van der Waals surface area contributed by atoms with Gasteiger partial charge in [-0.05, 0) is 12.0 Å². The molecule has 6 heteroatoms. The fourth-order valence-corrected chi connectivity index (χ4v) is 4.31. The van der Waals surface area contributed by atoms with Crippen LogP contribution < -0.4 is 0 Å². The van der Waals surface area contributed by atoms with Crippen molar-refractivity contribution in [2.75, 3.05) is 60.5 Å². The molecule has 0 aliphatic carbocycles. The zero-order chi connectivity index (χ0) is 18.7. The number of hydrogen-bond acceptors (Lipinski definition) is 4. The Morgan fingerprint density at radius 1 is 1.31 bits per heavy atom. The van der Waals surface area contributed by atoms with Crippen LogP contribution in [-0.4, -0.2) is 87.0 Å². The minimum Gasteiger partial charge on any atom is -0.383 e. The molecule has 0 aromatic heterocycles. The molecule has 2 aliphatic rings. The Balaban J connectivity index is 1.85. The van der Waals surface area contributed by atoms with Gasteiger partial charge in [-0.25, -0.2) is 0 Å². The zero-order valence-electron chi connectivity index (χ0n) is 16.0. The zero-order valence-corrected chi connectivity index (χ0v) is 16.0. The average molecular weight is 359 g/mol. The van der Waals surface area contributed by atoms with E-state index in [1.165, 1.54) is 5.56 Å². The van der Waals surface area contributed by atoms with Crippen molar-refractivity contribution in [1.29, 1.82) is 0 Å². The number of hydrogen-bond donors (Lipinski definition) is 0. The van der Waals surface area contributed by atoms with Crippen molar-refractivity contribution in [3.05, 3.63) is 35.9 Å². The number of carbonyl (C=O) groups is 2. The second-order valence-electron chi connectivity index (χ2n) is 7.61. The molecule has 2 saturated heterocycles. The molecule has 1 aromatic carbocycles. The molecule has 0 unspecified atom stereocenters. The van der Waals surface area contributed by atoms with Crippen molar-refractivity contribution in [3.8, 4) is 0 Å². The average Bonchev–Trinajstić information content (AvgIpc) is 3.15. The van der Waals surface area contributed by atoms with E-state index < -0.39 is 5.41 Å². The highest BCUT2D eigenvalue weighted by atomic mass is 16.5. The van der Waals surface area contributed by atoms with Crippen LogP contribution in [0.4, 0.5) is 0 Å². The predicted molar refractivity (Wildman–Crippen MR) is 99.8 cm³/mol. The molecule has 0 saturated carbocycles. The largest absolute Gasteiger partial charge is 0.383 e. The lowest BCUT2D eigenvalue weighted by molar-refractivity contribution is -0.137. The monoisotopic (exact) mass is 359 g/mol. The lowest BCUT2D eigenvalue weighted by Gasteiger charge is -2.29. The third-order valence-electron chi connectivity index (χ3n) is 5.78. The highest BCUT2D eigenvalue weighted by Gasteiger charge is 2.57. The molecular formula is C20H29N3O3. The first-order valence-corrected chi connectivity index (χ1v) is 9.23. The van der Waals surface area contributed by atoms with E-state index in [0.29, 0.717) is 26.2 Å². The van der Waals surface area contributed by atoms with Crippen molar-refractivity contribution in [2.45, 2.75) is 12.3 Å². The Hall–Kier alpha value is -1.92. The van der Waals surface area contributed by atoms with Crippen LogP contribution in [0.3, 0.4) is 0 Å². The predicted octanol–water partition coefficient (Wildman–Crippen LogP) is 1.04. The van der Waals surface area contributed by atoms with Crippen LogP contribution in [0.1, 0.15) is 17.9 Å². The van der Waals surface area contributed by atoms with Crippen LogP contribution in [0.5, 0.6) is 0 Å². The van der Waals surface area contributed by atoms with Gasteiger partial charge in [-0.1, -0.05) is 30.3 Å². The maximum atomic E-state index is 13.3. The van der Waals surface area contributed by atoms with Crippen molar-refractivity contribution in [1.82, 2.24) is 14.7 Å². The number of carbonyl (C=O) groups excluding carboxylic acids is 2. The summed E-state index contributed by atoms with van der Waals surface area (Å²) in [6.07, 6.45) is 0.835. The second kappa shape index (κ2) is 7.76. The summed E-state index contributed by atoms with van der Waals surface area (Å²) in [6, 6.07) is 10.3. The Morgan fingerprint density at radius 3 is 2.69 bits per heavy atom. The number of amides is 2. The summed E-state index contributed by atoms with van der Waals surface area (Å²) in [5.41, 5.74) is 0.760. The first-order valence-electron chi connectivity index (χ1n) is 9.23. The minimum atomic E-state index is -0.429. The van der Waals surface area contributed by atoms with E-state index in [9.17, 15) is 9.59 Å². The summed E-state index contributed by atoms with van der Waals surface area (Å²) in [5, 5.41) is 0. The highest BCUT2D eigenvalue weighted by Crippen LogP contribution is 2.49. The Bertz CT molecular complexity index is 649. The number of ether oxygens (including phenoxy) is 1. The first-order chi connectivity index (χ1) is 12.5. The first kappa shape index (κ1) is 18.9. The molecule has 0 bridgehead atoms. The second-order valence-corrected chi connectivity index (χ2v) is 7.61. The molecule has 2 aliphatic heterocycles. The van der Waals surface area contributed by atoms with Crippen LogP contribution in [-0.2, 0) is 14.3 Å². The van der Waals surface area contributed by atoms with Gasteiger partial charge in [0.25, 0.3) is 0 Å². The molecular weight excluding hydrogens is 330 g/mol. The summed E-state index contributed by atoms with van der Waals surface area (Å²) in [5.74, 6) is 0.414. The highest BCUT2D eigenvalue weighted by molar-refractivity contribution is 5.87. The molecule has 26 heavy (non-hydrogen) atoms. The maximum absolute atomic E-state index is 13.3. The van der Waals surface area contributed by atoms with E-state index in [4.69, 9.17) is 4.74 Å². The summed E-state index contributed by atoms with van der Waals surface area (Å²) in [6.45, 7) is 3.71. The number of methoxy groups -OCH3 is 1. The molecule has 2 amide bonds. The molecule has 2 atom stereocenters. The van der Waals surface area contributed by atoms with E-state index in [1.807, 2.05) is 23.1 Å². The summed E-state index contributed by atoms with van der Waals surface area (Å²) < 4.78 is 5.16. The topological polar surface area (TPSA) is 53.1 Å². The van der Waals surface area contributed by atoms with Crippen molar-refractivity contribution >= 4 is 11.8 Å². The van der Waals surface area contributed by atoms with Gasteiger partial charge in [0.05, 0.1) is 18.6 Å². The van der Waals surface area contributed by atoms with Crippen LogP contribution in [0, 0.1) is 5.41 Å². The van der Waals surface area contributed by atoms with Gasteiger partial charge < -0.3 is 14.5 Å². The van der Waals surface area contributed by atoms with E-state index >= 15 is 0 Å². The molecule has 142 valence electrons. The van der Waals surface area contributed by atoms with Crippen molar-refractivity contribution in [2.24, 2.45) is 5.41 Å². The van der Waals surface area contributed by atoms with Crippen LogP contribution in [0.25, 0.3) is 0 Å². The smallest absolute Gasteiger partial charge is 0.236 e. The number of likely N-dealkylation sites (N-methyl/N-ethyl adjacent to an activating group) is 1. The van der Waals surface area contributed by atoms with Gasteiger partial charge in [0.15, 0.2) is 0 Å². The summed E-state index contributed by atoms with van der Waals surface area (Å²) in [4.78, 5) is 31.2. The van der Waals surface area contributed by atoms with E-state index in [2.05, 4.69) is 17.0 Å². The van der Waals surface area contributed by atoms with E-state index in [-0.39, 0.29) is 17.7 Å². The van der Waals surface area contributed by atoms with E-state index in [0.717, 1.165) is 19.5 Å². The lowest BCUT2D eigenvalue weighted by Crippen LogP contribution is -2.41. The Kier molecular flexibility index (Phi) is 5.63. The van der Waals surface area contributed by atoms with Gasteiger partial charge in [0.1, 0.15) is 0 Å². The maximum Gasteiger partial charge on any atom is 0.236 e. The molecule has 1 spiro atoms. The van der Waals surface area contributed by atoms with Crippen LogP contribution >= 0.6 is 0 Å². The summed E-state index contributed by atoms with van der Waals surface area (Å²) in [7, 11) is 5.21. The number of benzene rings is 1. The molecule has 0 radical (unpaired) electrons. The quantitative estimate of drug-likeness (QED) is 0.762. The van der Waals surface area contributed by atoms with Gasteiger partial charge in [0, 0.05) is 53.3 Å². The normalized spacial score (nSPS) is 26.0. The number of rotatable bonds is 6. The standard InChI is InChI=1S/C20H29N3O3/c1-21(2)18(24)14-22-13-17(16-7-5-4-6-8-16)20(15-22)9-10-23(19(20)25)11-12-26-3/h4-8,17H,9-15H2,1-3H3/t17-,20+/m1/s1. The molecule has 3 rings (SSSR count). The lowest BCUT2D eigenvalue weighted by atomic mass is 9.73. The van der Waals surface area contributed by atoms with E-state index in [1.54, 1.807) is 26.1 Å². The molecule has 0 N–H and O–H groups in total. The molecule has 2 heterocycles. The van der Waals surface area contributed by atoms with Crippen LogP contribution in [0.2, 0.25) is 0 Å². The van der Waals surface area contributed by atoms with Gasteiger partial charge >= 0.3 is 0 Å². The van der Waals surface area contributed by atoms with Gasteiger partial charge in [-0.3, -0.25) is 14.5 Å². The third kappa shape index (κ3) is 3.48. The number of nitrogens with zero attached hydrogens (tertiary/aromatic N) is 3. The fourth-order valence-electron chi connectivity index (χ4n) is 4.31. The van der Waals surface area contributed by atoms with Crippen molar-refractivity contribution < 1.29 is 14.3 Å². The van der Waals surface area contributed by atoms with Gasteiger partial charge in [0.2, 0.25) is 11.8 Å². The molecule has 6 nitrogen and oxygen atoms in total. The SMILES string of the molecule is COCCN1CC[C@@]2(CN(CC(=O)N(C)C)C[C@@H]2c2ccccc2)C1=O. The molecule has 1 aromatic rings. The Labute approximate surface area is 155 Å². The van der Waals surface area contributed by atoms with Crippen molar-refractivity contribution in [3.63, 3.8) is 0 Å². The molecule has 2 fully saturated rings. The van der Waals surface area contributed by atoms with Gasteiger partial charge in [-0.15, -0.1) is 0 Å².